The van der Waals surface area contributed by atoms with Crippen molar-refractivity contribution in [3.05, 3.63) is 52.1 Å². The van der Waals surface area contributed by atoms with Crippen molar-refractivity contribution in [3.8, 4) is 22.9 Å². The maximum atomic E-state index is 12.6. The van der Waals surface area contributed by atoms with Crippen LogP contribution < -0.4 is 14.8 Å². The average molecular weight is 415 g/mol. The van der Waals surface area contributed by atoms with Gasteiger partial charge in [0.15, 0.2) is 5.82 Å². The minimum absolute atomic E-state index is 0.0216. The van der Waals surface area contributed by atoms with Gasteiger partial charge < -0.3 is 9.47 Å². The molecule has 2 aromatic carbocycles. The van der Waals surface area contributed by atoms with Gasteiger partial charge in [0, 0.05) is 17.0 Å². The Bertz CT molecular complexity index is 1070. The van der Waals surface area contributed by atoms with Gasteiger partial charge in [0.1, 0.15) is 17.1 Å². The number of nitro benzene ring substituents is 1. The van der Waals surface area contributed by atoms with Crippen LogP contribution in [-0.4, -0.2) is 46.5 Å². The highest BCUT2D eigenvalue weighted by Gasteiger charge is 2.22. The Morgan fingerprint density at radius 2 is 2.00 bits per heavy atom. The van der Waals surface area contributed by atoms with E-state index in [2.05, 4.69) is 20.5 Å². The predicted molar refractivity (Wildman–Crippen MR) is 108 cm³/mol. The Labute approximate surface area is 169 Å². The maximum absolute atomic E-state index is 12.6. The van der Waals surface area contributed by atoms with E-state index < -0.39 is 10.8 Å². The maximum Gasteiger partial charge on any atom is 0.282 e. The van der Waals surface area contributed by atoms with Gasteiger partial charge in [0.05, 0.1) is 24.7 Å². The second-order valence-electron chi connectivity index (χ2n) is 5.67. The van der Waals surface area contributed by atoms with Crippen LogP contribution in [0.3, 0.4) is 0 Å². The molecule has 0 aliphatic carbocycles. The quantitative estimate of drug-likeness (QED) is 0.341. The fourth-order valence-electron chi connectivity index (χ4n) is 2.58. The lowest BCUT2D eigenvalue weighted by atomic mass is 10.1. The number of thioether (sulfide) groups is 1. The van der Waals surface area contributed by atoms with Crippen molar-refractivity contribution < 1.29 is 19.2 Å². The first-order valence-electron chi connectivity index (χ1n) is 8.25. The highest BCUT2D eigenvalue weighted by molar-refractivity contribution is 7.98. The number of hydrogen-bond donors (Lipinski definition) is 2. The molecular weight excluding hydrogens is 398 g/mol. The standard InChI is InChI=1S/C18H17N5O5S/c1-27-10-4-6-12(15(8-10)28-2)16-19-18(22-21-16)20-17(24)13-9-11(29-3)5-7-14(13)23(25)26/h4-9H,1-3H3,(H2,19,20,21,22,24). The van der Waals surface area contributed by atoms with E-state index in [0.29, 0.717) is 22.9 Å². The lowest BCUT2D eigenvalue weighted by Gasteiger charge is -2.07. The predicted octanol–water partition coefficient (Wildman–Crippen LogP) is 3.37. The van der Waals surface area contributed by atoms with Crippen LogP contribution in [0.25, 0.3) is 11.4 Å². The third-order valence-electron chi connectivity index (χ3n) is 4.02. The molecule has 1 amide bonds. The summed E-state index contributed by atoms with van der Waals surface area (Å²) in [4.78, 5) is 28.2. The Morgan fingerprint density at radius 3 is 2.66 bits per heavy atom. The number of hydrogen-bond acceptors (Lipinski definition) is 8. The highest BCUT2D eigenvalue weighted by atomic mass is 32.2. The van der Waals surface area contributed by atoms with Gasteiger partial charge in [-0.05, 0) is 30.5 Å². The third-order valence-corrected chi connectivity index (χ3v) is 4.74. The molecule has 3 aromatic rings. The number of carbonyl (C=O) groups is 1. The Balaban J connectivity index is 1.88. The first kappa shape index (κ1) is 20.1. The van der Waals surface area contributed by atoms with Crippen molar-refractivity contribution in [1.82, 2.24) is 15.2 Å². The van der Waals surface area contributed by atoms with Gasteiger partial charge in [0.2, 0.25) is 5.95 Å². The first-order valence-corrected chi connectivity index (χ1v) is 9.48. The zero-order chi connectivity index (χ0) is 21.0. The number of carbonyl (C=O) groups excluding carboxylic acids is 1. The summed E-state index contributed by atoms with van der Waals surface area (Å²) in [6, 6.07) is 9.49. The normalized spacial score (nSPS) is 10.4. The van der Waals surface area contributed by atoms with E-state index in [4.69, 9.17) is 9.47 Å². The summed E-state index contributed by atoms with van der Waals surface area (Å²) in [5.41, 5.74) is 0.236. The van der Waals surface area contributed by atoms with Crippen molar-refractivity contribution in [3.63, 3.8) is 0 Å². The fraction of sp³-hybridized carbons (Fsp3) is 0.167. The lowest BCUT2D eigenvalue weighted by molar-refractivity contribution is -0.385. The van der Waals surface area contributed by atoms with Crippen LogP contribution in [0.5, 0.6) is 11.5 Å². The van der Waals surface area contributed by atoms with Gasteiger partial charge in [-0.15, -0.1) is 16.9 Å². The Morgan fingerprint density at radius 1 is 1.21 bits per heavy atom. The minimum atomic E-state index is -0.681. The van der Waals surface area contributed by atoms with Gasteiger partial charge >= 0.3 is 0 Å². The average Bonchev–Trinajstić information content (AvgIpc) is 3.20. The van der Waals surface area contributed by atoms with Crippen LogP contribution in [0, 0.1) is 10.1 Å². The van der Waals surface area contributed by atoms with E-state index in [1.807, 2.05) is 6.26 Å². The molecule has 0 unspecified atom stereocenters. The molecule has 0 fully saturated rings. The zero-order valence-electron chi connectivity index (χ0n) is 15.8. The lowest BCUT2D eigenvalue weighted by Crippen LogP contribution is -2.15. The number of benzene rings is 2. The molecule has 29 heavy (non-hydrogen) atoms. The third kappa shape index (κ3) is 4.29. The van der Waals surface area contributed by atoms with Crippen LogP contribution in [0.4, 0.5) is 11.6 Å². The number of nitro groups is 1. The van der Waals surface area contributed by atoms with E-state index in [0.717, 1.165) is 4.90 Å². The Hall–Kier alpha value is -3.60. The van der Waals surface area contributed by atoms with E-state index >= 15 is 0 Å². The molecule has 3 rings (SSSR count). The Kier molecular flexibility index (Phi) is 5.98. The molecule has 1 heterocycles. The van der Waals surface area contributed by atoms with Crippen molar-refractivity contribution >= 4 is 29.3 Å². The van der Waals surface area contributed by atoms with E-state index in [1.165, 1.54) is 31.0 Å². The summed E-state index contributed by atoms with van der Waals surface area (Å²) in [7, 11) is 3.05. The molecule has 0 bridgehead atoms. The monoisotopic (exact) mass is 415 g/mol. The summed E-state index contributed by atoms with van der Waals surface area (Å²) in [6.45, 7) is 0. The number of H-pyrrole nitrogens is 1. The second-order valence-corrected chi connectivity index (χ2v) is 6.55. The molecule has 150 valence electrons. The first-order chi connectivity index (χ1) is 14.0. The highest BCUT2D eigenvalue weighted by Crippen LogP contribution is 2.32. The van der Waals surface area contributed by atoms with Crippen LogP contribution >= 0.6 is 11.8 Å². The molecule has 10 nitrogen and oxygen atoms in total. The SMILES string of the molecule is COc1ccc(-c2nc(NC(=O)c3cc(SC)ccc3[N+](=O)[O-])n[nH]2)c(OC)c1. The summed E-state index contributed by atoms with van der Waals surface area (Å²) >= 11 is 1.37. The molecule has 0 aliphatic heterocycles. The summed E-state index contributed by atoms with van der Waals surface area (Å²) in [5.74, 6) is 0.764. The van der Waals surface area contributed by atoms with E-state index in [1.54, 1.807) is 31.4 Å². The van der Waals surface area contributed by atoms with Gasteiger partial charge in [-0.1, -0.05) is 0 Å². The van der Waals surface area contributed by atoms with Gasteiger partial charge in [-0.25, -0.2) is 0 Å². The molecule has 11 heteroatoms. The molecule has 2 N–H and O–H groups in total. The largest absolute Gasteiger partial charge is 0.497 e. The molecule has 0 radical (unpaired) electrons. The zero-order valence-corrected chi connectivity index (χ0v) is 16.6. The molecule has 0 atom stereocenters. The van der Waals surface area contributed by atoms with Crippen molar-refractivity contribution in [2.24, 2.45) is 0 Å². The number of rotatable bonds is 7. The van der Waals surface area contributed by atoms with Crippen molar-refractivity contribution in [2.75, 3.05) is 25.8 Å². The molecule has 0 aliphatic rings. The number of aromatic amines is 1. The summed E-state index contributed by atoms with van der Waals surface area (Å²) in [5, 5.41) is 20.4. The molecule has 0 saturated heterocycles. The number of aromatic nitrogens is 3. The van der Waals surface area contributed by atoms with E-state index in [-0.39, 0.29) is 17.2 Å². The summed E-state index contributed by atoms with van der Waals surface area (Å²) in [6.07, 6.45) is 1.81. The van der Waals surface area contributed by atoms with E-state index in [9.17, 15) is 14.9 Å². The topological polar surface area (TPSA) is 132 Å². The fourth-order valence-corrected chi connectivity index (χ4v) is 3.02. The van der Waals surface area contributed by atoms with Crippen molar-refractivity contribution in [2.45, 2.75) is 4.90 Å². The number of nitrogens with one attached hydrogen (secondary N) is 2. The summed E-state index contributed by atoms with van der Waals surface area (Å²) < 4.78 is 10.5. The van der Waals surface area contributed by atoms with Gasteiger partial charge in [-0.2, -0.15) is 4.98 Å². The van der Waals surface area contributed by atoms with Gasteiger partial charge in [0.25, 0.3) is 11.6 Å². The molecule has 0 saturated carbocycles. The van der Waals surface area contributed by atoms with Crippen molar-refractivity contribution in [1.29, 1.82) is 0 Å². The second kappa shape index (κ2) is 8.61. The van der Waals surface area contributed by atoms with Crippen LogP contribution in [0.15, 0.2) is 41.3 Å². The van der Waals surface area contributed by atoms with Gasteiger partial charge in [-0.3, -0.25) is 25.3 Å². The van der Waals surface area contributed by atoms with Crippen LogP contribution in [0.1, 0.15) is 10.4 Å². The van der Waals surface area contributed by atoms with Crippen LogP contribution in [0.2, 0.25) is 0 Å². The molecular formula is C18H17N5O5S. The number of methoxy groups -OCH3 is 2. The number of amides is 1. The van der Waals surface area contributed by atoms with Crippen LogP contribution in [-0.2, 0) is 0 Å². The molecule has 1 aromatic heterocycles. The molecule has 0 spiro atoms. The minimum Gasteiger partial charge on any atom is -0.497 e. The smallest absolute Gasteiger partial charge is 0.282 e. The number of anilines is 1. The number of nitrogens with zero attached hydrogens (tertiary/aromatic N) is 3. The number of ether oxygens (including phenoxy) is 2.